The fourth-order valence-electron chi connectivity index (χ4n) is 1.38. The van der Waals surface area contributed by atoms with Crippen LogP contribution in [-0.4, -0.2) is 29.7 Å². The molecule has 0 bridgehead atoms. The lowest BCUT2D eigenvalue weighted by Crippen LogP contribution is -2.19. The molecule has 4 nitrogen and oxygen atoms in total. The van der Waals surface area contributed by atoms with Crippen LogP contribution in [0.3, 0.4) is 0 Å². The Bertz CT molecular complexity index is 473. The van der Waals surface area contributed by atoms with Crippen LogP contribution < -0.4 is 5.32 Å². The molecule has 0 aliphatic heterocycles. The zero-order valence-electron chi connectivity index (χ0n) is 9.47. The van der Waals surface area contributed by atoms with Gasteiger partial charge in [0.1, 0.15) is 0 Å². The Hall–Kier alpha value is -1.68. The number of fused-ring (bicyclic) bond motifs is 1. The fourth-order valence-corrected chi connectivity index (χ4v) is 1.38. The number of benzene rings is 1. The van der Waals surface area contributed by atoms with Crippen molar-refractivity contribution in [2.45, 2.75) is 13.0 Å². The van der Waals surface area contributed by atoms with Crippen LogP contribution >= 0.6 is 0 Å². The standard InChI is InChI=1S/C12H15N3O/c1-9(16-2)7-13-12-14-8-10-5-3-4-6-11(10)15-12/h3-6,8-9H,7H2,1-2H3,(H,13,14,15). The number of ether oxygens (including phenoxy) is 1. The molecular formula is C12H15N3O. The van der Waals surface area contributed by atoms with Crippen LogP contribution in [-0.2, 0) is 4.74 Å². The van der Waals surface area contributed by atoms with Gasteiger partial charge in [0.05, 0.1) is 11.6 Å². The van der Waals surface area contributed by atoms with Crippen LogP contribution in [0.15, 0.2) is 30.5 Å². The van der Waals surface area contributed by atoms with Crippen LogP contribution in [0.25, 0.3) is 10.9 Å². The lowest BCUT2D eigenvalue weighted by Gasteiger charge is -2.10. The summed E-state index contributed by atoms with van der Waals surface area (Å²) in [7, 11) is 1.69. The summed E-state index contributed by atoms with van der Waals surface area (Å²) in [6.07, 6.45) is 1.97. The van der Waals surface area contributed by atoms with Gasteiger partial charge < -0.3 is 10.1 Å². The van der Waals surface area contributed by atoms with Crippen LogP contribution in [0.5, 0.6) is 0 Å². The summed E-state index contributed by atoms with van der Waals surface area (Å²) in [6, 6.07) is 7.92. The molecule has 1 aromatic carbocycles. The van der Waals surface area contributed by atoms with Crippen molar-refractivity contribution in [2.75, 3.05) is 19.0 Å². The quantitative estimate of drug-likeness (QED) is 0.851. The number of rotatable bonds is 4. The summed E-state index contributed by atoms with van der Waals surface area (Å²) in [5.74, 6) is 0.641. The Morgan fingerprint density at radius 3 is 3.00 bits per heavy atom. The maximum absolute atomic E-state index is 5.14. The summed E-state index contributed by atoms with van der Waals surface area (Å²) in [5.41, 5.74) is 0.949. The van der Waals surface area contributed by atoms with Crippen LogP contribution in [0, 0.1) is 0 Å². The van der Waals surface area contributed by atoms with Gasteiger partial charge in [0.2, 0.25) is 5.95 Å². The number of nitrogens with one attached hydrogen (secondary N) is 1. The van der Waals surface area contributed by atoms with Gasteiger partial charge in [-0.05, 0) is 13.0 Å². The third-order valence-electron chi connectivity index (χ3n) is 2.44. The number of hydrogen-bond donors (Lipinski definition) is 1. The van der Waals surface area contributed by atoms with Crippen molar-refractivity contribution < 1.29 is 4.74 Å². The predicted molar refractivity (Wildman–Crippen MR) is 64.5 cm³/mol. The molecule has 84 valence electrons. The summed E-state index contributed by atoms with van der Waals surface area (Å²) >= 11 is 0. The van der Waals surface area contributed by atoms with E-state index in [9.17, 15) is 0 Å². The van der Waals surface area contributed by atoms with Gasteiger partial charge in [0.25, 0.3) is 0 Å². The Kier molecular flexibility index (Phi) is 3.31. The minimum absolute atomic E-state index is 0.148. The van der Waals surface area contributed by atoms with E-state index in [2.05, 4.69) is 15.3 Å². The summed E-state index contributed by atoms with van der Waals surface area (Å²) in [6.45, 7) is 2.70. The number of hydrogen-bond acceptors (Lipinski definition) is 4. The smallest absolute Gasteiger partial charge is 0.223 e. The molecule has 4 heteroatoms. The molecule has 16 heavy (non-hydrogen) atoms. The van der Waals surface area contributed by atoms with Gasteiger partial charge in [-0.25, -0.2) is 9.97 Å². The molecule has 2 aromatic rings. The van der Waals surface area contributed by atoms with Crippen molar-refractivity contribution in [1.29, 1.82) is 0 Å². The number of anilines is 1. The van der Waals surface area contributed by atoms with Crippen molar-refractivity contribution >= 4 is 16.9 Å². The van der Waals surface area contributed by atoms with E-state index in [1.807, 2.05) is 37.4 Å². The van der Waals surface area contributed by atoms with Crippen LogP contribution in [0.1, 0.15) is 6.92 Å². The zero-order chi connectivity index (χ0) is 11.4. The van der Waals surface area contributed by atoms with Gasteiger partial charge in [-0.15, -0.1) is 0 Å². The molecule has 1 atom stereocenters. The van der Waals surface area contributed by atoms with Gasteiger partial charge in [-0.2, -0.15) is 0 Å². The molecule has 1 N–H and O–H groups in total. The molecule has 0 aliphatic carbocycles. The maximum Gasteiger partial charge on any atom is 0.223 e. The molecule has 0 saturated carbocycles. The van der Waals surface area contributed by atoms with E-state index in [1.165, 1.54) is 0 Å². The van der Waals surface area contributed by atoms with Gasteiger partial charge in [-0.3, -0.25) is 0 Å². The van der Waals surface area contributed by atoms with Crippen LogP contribution in [0.2, 0.25) is 0 Å². The van der Waals surface area contributed by atoms with E-state index in [1.54, 1.807) is 7.11 Å². The topological polar surface area (TPSA) is 47.0 Å². The van der Waals surface area contributed by atoms with E-state index in [4.69, 9.17) is 4.74 Å². The molecule has 0 amide bonds. The highest BCUT2D eigenvalue weighted by Gasteiger charge is 2.01. The summed E-state index contributed by atoms with van der Waals surface area (Å²) in [5, 5.41) is 4.19. The van der Waals surface area contributed by atoms with Crippen LogP contribution in [0.4, 0.5) is 5.95 Å². The first-order chi connectivity index (χ1) is 7.79. The molecule has 0 fully saturated rings. The van der Waals surface area contributed by atoms with E-state index in [0.717, 1.165) is 10.9 Å². The second-order valence-electron chi connectivity index (χ2n) is 3.68. The zero-order valence-corrected chi connectivity index (χ0v) is 9.47. The third-order valence-corrected chi connectivity index (χ3v) is 2.44. The highest BCUT2D eigenvalue weighted by Crippen LogP contribution is 2.11. The molecule has 1 heterocycles. The first kappa shape index (κ1) is 10.8. The minimum atomic E-state index is 0.148. The molecule has 0 saturated heterocycles. The van der Waals surface area contributed by atoms with Crippen molar-refractivity contribution in [2.24, 2.45) is 0 Å². The van der Waals surface area contributed by atoms with E-state index in [0.29, 0.717) is 12.5 Å². The average molecular weight is 217 g/mol. The normalized spacial score (nSPS) is 12.6. The van der Waals surface area contributed by atoms with E-state index in [-0.39, 0.29) is 6.10 Å². The Morgan fingerprint density at radius 2 is 2.19 bits per heavy atom. The fraction of sp³-hybridized carbons (Fsp3) is 0.333. The molecule has 0 spiro atoms. The highest BCUT2D eigenvalue weighted by atomic mass is 16.5. The highest BCUT2D eigenvalue weighted by molar-refractivity contribution is 5.78. The van der Waals surface area contributed by atoms with E-state index < -0.39 is 0 Å². The van der Waals surface area contributed by atoms with Crippen molar-refractivity contribution in [3.63, 3.8) is 0 Å². The molecule has 1 aromatic heterocycles. The first-order valence-electron chi connectivity index (χ1n) is 5.28. The molecule has 0 aliphatic rings. The SMILES string of the molecule is COC(C)CNc1ncc2ccccc2n1. The molecular weight excluding hydrogens is 202 g/mol. The Labute approximate surface area is 94.7 Å². The molecule has 1 unspecified atom stereocenters. The monoisotopic (exact) mass is 217 g/mol. The Balaban J connectivity index is 2.13. The second-order valence-corrected chi connectivity index (χ2v) is 3.68. The first-order valence-corrected chi connectivity index (χ1v) is 5.28. The molecule has 0 radical (unpaired) electrons. The number of para-hydroxylation sites is 1. The largest absolute Gasteiger partial charge is 0.380 e. The maximum atomic E-state index is 5.14. The lowest BCUT2D eigenvalue weighted by molar-refractivity contribution is 0.128. The minimum Gasteiger partial charge on any atom is -0.380 e. The van der Waals surface area contributed by atoms with Crippen molar-refractivity contribution in [3.05, 3.63) is 30.5 Å². The number of methoxy groups -OCH3 is 1. The van der Waals surface area contributed by atoms with E-state index >= 15 is 0 Å². The van der Waals surface area contributed by atoms with Gasteiger partial charge in [0.15, 0.2) is 0 Å². The van der Waals surface area contributed by atoms with Gasteiger partial charge >= 0.3 is 0 Å². The van der Waals surface area contributed by atoms with Gasteiger partial charge in [0, 0.05) is 25.2 Å². The Morgan fingerprint density at radius 1 is 1.38 bits per heavy atom. The predicted octanol–water partition coefficient (Wildman–Crippen LogP) is 2.08. The summed E-state index contributed by atoms with van der Waals surface area (Å²) < 4.78 is 5.14. The average Bonchev–Trinajstić information content (AvgIpc) is 2.35. The third kappa shape index (κ3) is 2.46. The lowest BCUT2D eigenvalue weighted by atomic mass is 10.2. The summed E-state index contributed by atoms with van der Waals surface area (Å²) in [4.78, 5) is 8.64. The van der Waals surface area contributed by atoms with Crippen molar-refractivity contribution in [3.8, 4) is 0 Å². The van der Waals surface area contributed by atoms with Crippen molar-refractivity contribution in [1.82, 2.24) is 9.97 Å². The second kappa shape index (κ2) is 4.90. The number of nitrogens with zero attached hydrogens (tertiary/aromatic N) is 2. The van der Waals surface area contributed by atoms with Gasteiger partial charge in [-0.1, -0.05) is 18.2 Å². The molecule has 2 rings (SSSR count). The number of aromatic nitrogens is 2.